The number of carbonyl (C=O) groups is 1. The molecule has 0 amide bonds. The highest BCUT2D eigenvalue weighted by Gasteiger charge is 2.21. The van der Waals surface area contributed by atoms with Crippen LogP contribution in [0.5, 0.6) is 0 Å². The highest BCUT2D eigenvalue weighted by atomic mass is 19.1. The van der Waals surface area contributed by atoms with Crippen LogP contribution in [0.3, 0.4) is 0 Å². The van der Waals surface area contributed by atoms with Crippen molar-refractivity contribution in [3.05, 3.63) is 52.1 Å². The molecule has 0 spiro atoms. The lowest BCUT2D eigenvalue weighted by Gasteiger charge is -2.36. The first-order valence-electron chi connectivity index (χ1n) is 7.88. The first kappa shape index (κ1) is 17.0. The molecule has 2 heterocycles. The molecule has 9 heteroatoms. The Morgan fingerprint density at radius 1 is 1.32 bits per heavy atom. The van der Waals surface area contributed by atoms with E-state index < -0.39 is 10.7 Å². The highest BCUT2D eigenvalue weighted by molar-refractivity contribution is 5.94. The van der Waals surface area contributed by atoms with Crippen molar-refractivity contribution in [2.45, 2.75) is 13.6 Å². The molecule has 0 aliphatic carbocycles. The van der Waals surface area contributed by atoms with Gasteiger partial charge in [-0.05, 0) is 25.1 Å². The third-order valence-electron chi connectivity index (χ3n) is 4.24. The van der Waals surface area contributed by atoms with Crippen molar-refractivity contribution in [2.24, 2.45) is 0 Å². The van der Waals surface area contributed by atoms with Crippen molar-refractivity contribution in [1.29, 1.82) is 0 Å². The largest absolute Gasteiger partial charge is 0.367 e. The average Bonchev–Trinajstić information content (AvgIpc) is 3.04. The third-order valence-corrected chi connectivity index (χ3v) is 4.24. The van der Waals surface area contributed by atoms with E-state index in [9.17, 15) is 19.3 Å². The Morgan fingerprint density at radius 3 is 2.60 bits per heavy atom. The summed E-state index contributed by atoms with van der Waals surface area (Å²) in [5, 5.41) is 14.7. The Hall–Kier alpha value is -2.81. The Kier molecular flexibility index (Phi) is 4.75. The fourth-order valence-corrected chi connectivity index (χ4v) is 2.84. The molecule has 8 nitrogen and oxygen atoms in total. The van der Waals surface area contributed by atoms with Crippen molar-refractivity contribution in [3.8, 4) is 0 Å². The van der Waals surface area contributed by atoms with Crippen LogP contribution in [0.4, 0.5) is 15.8 Å². The number of halogens is 1. The summed E-state index contributed by atoms with van der Waals surface area (Å²) < 4.78 is 15.8. The summed E-state index contributed by atoms with van der Waals surface area (Å²) in [6, 6.07) is 4.54. The number of hydrogen-bond donors (Lipinski definition) is 0. The van der Waals surface area contributed by atoms with Gasteiger partial charge in [0.1, 0.15) is 18.2 Å². The number of hydrogen-bond acceptors (Lipinski definition) is 6. The summed E-state index contributed by atoms with van der Waals surface area (Å²) in [6.45, 7) is 4.47. The van der Waals surface area contributed by atoms with Crippen LogP contribution >= 0.6 is 0 Å². The third kappa shape index (κ3) is 3.82. The maximum atomic E-state index is 14.2. The Balaban J connectivity index is 1.60. The van der Waals surface area contributed by atoms with E-state index in [-0.39, 0.29) is 11.5 Å². The standard InChI is InChI=1S/C16H18FN5O3/c1-12(23)13-2-3-16(15(17)8-13)20-6-4-19(5-7-20)11-21-10-14(9-18-21)22(24)25/h2-3,8-10H,4-7,11H2,1H3. The van der Waals surface area contributed by atoms with Crippen molar-refractivity contribution in [1.82, 2.24) is 14.7 Å². The van der Waals surface area contributed by atoms with Gasteiger partial charge in [0.25, 0.3) is 0 Å². The Morgan fingerprint density at radius 2 is 2.04 bits per heavy atom. The normalized spacial score (nSPS) is 15.4. The first-order valence-corrected chi connectivity index (χ1v) is 7.88. The second-order valence-corrected chi connectivity index (χ2v) is 5.96. The number of anilines is 1. The molecule has 0 radical (unpaired) electrons. The fourth-order valence-electron chi connectivity index (χ4n) is 2.84. The monoisotopic (exact) mass is 347 g/mol. The van der Waals surface area contributed by atoms with Crippen molar-refractivity contribution < 1.29 is 14.1 Å². The van der Waals surface area contributed by atoms with E-state index in [1.807, 2.05) is 4.90 Å². The minimum Gasteiger partial charge on any atom is -0.367 e. The zero-order chi connectivity index (χ0) is 18.0. The second-order valence-electron chi connectivity index (χ2n) is 5.96. The number of piperazine rings is 1. The van der Waals surface area contributed by atoms with Crippen molar-refractivity contribution in [2.75, 3.05) is 31.1 Å². The second kappa shape index (κ2) is 6.98. The van der Waals surface area contributed by atoms with Gasteiger partial charge in [-0.15, -0.1) is 0 Å². The molecule has 1 aromatic heterocycles. The molecule has 1 aliphatic heterocycles. The fraction of sp³-hybridized carbons (Fsp3) is 0.375. The molecule has 0 N–H and O–H groups in total. The number of rotatable bonds is 5. The molecule has 0 unspecified atom stereocenters. The maximum Gasteiger partial charge on any atom is 0.307 e. The smallest absolute Gasteiger partial charge is 0.307 e. The number of carbonyl (C=O) groups excluding carboxylic acids is 1. The van der Waals surface area contributed by atoms with E-state index in [2.05, 4.69) is 10.00 Å². The van der Waals surface area contributed by atoms with Gasteiger partial charge >= 0.3 is 5.69 Å². The number of nitro groups is 1. The SMILES string of the molecule is CC(=O)c1ccc(N2CCN(Cn3cc([N+](=O)[O-])cn3)CC2)c(F)c1. The van der Waals surface area contributed by atoms with Crippen LogP contribution in [0.1, 0.15) is 17.3 Å². The lowest BCUT2D eigenvalue weighted by atomic mass is 10.1. The molecule has 0 atom stereocenters. The van der Waals surface area contributed by atoms with Crippen LogP contribution in [-0.2, 0) is 6.67 Å². The predicted molar refractivity (Wildman–Crippen MR) is 89.1 cm³/mol. The number of ketones is 1. The minimum atomic E-state index is -0.477. The number of Topliss-reactive ketones (excluding diaryl/α,β-unsaturated/α-hetero) is 1. The van der Waals surface area contributed by atoms with Crippen LogP contribution < -0.4 is 4.90 Å². The zero-order valence-electron chi connectivity index (χ0n) is 13.8. The highest BCUT2D eigenvalue weighted by Crippen LogP contribution is 2.22. The maximum absolute atomic E-state index is 14.2. The molecule has 1 aromatic carbocycles. The van der Waals surface area contributed by atoms with E-state index in [1.165, 1.54) is 30.1 Å². The van der Waals surface area contributed by atoms with Gasteiger partial charge in [-0.2, -0.15) is 5.10 Å². The Labute approximate surface area is 143 Å². The van der Waals surface area contributed by atoms with E-state index >= 15 is 0 Å². The van der Waals surface area contributed by atoms with Crippen LogP contribution in [0.2, 0.25) is 0 Å². The molecule has 1 fully saturated rings. The van der Waals surface area contributed by atoms with Crippen LogP contribution in [-0.4, -0.2) is 51.6 Å². The van der Waals surface area contributed by atoms with Crippen molar-refractivity contribution in [3.63, 3.8) is 0 Å². The first-order chi connectivity index (χ1) is 11.9. The summed E-state index contributed by atoms with van der Waals surface area (Å²) in [5.74, 6) is -0.563. The zero-order valence-corrected chi connectivity index (χ0v) is 13.8. The quantitative estimate of drug-likeness (QED) is 0.467. The van der Waals surface area contributed by atoms with Gasteiger partial charge in [-0.1, -0.05) is 0 Å². The number of benzene rings is 1. The molecular formula is C16H18FN5O3. The van der Waals surface area contributed by atoms with E-state index in [0.29, 0.717) is 44.1 Å². The van der Waals surface area contributed by atoms with E-state index in [1.54, 1.807) is 12.1 Å². The van der Waals surface area contributed by atoms with Gasteiger partial charge in [0, 0.05) is 31.7 Å². The summed E-state index contributed by atoms with van der Waals surface area (Å²) in [5.41, 5.74) is 0.811. The van der Waals surface area contributed by atoms with E-state index in [4.69, 9.17) is 0 Å². The molecule has 3 rings (SSSR count). The van der Waals surface area contributed by atoms with Crippen LogP contribution in [0.25, 0.3) is 0 Å². The molecule has 25 heavy (non-hydrogen) atoms. The Bertz CT molecular complexity index is 799. The summed E-state index contributed by atoms with van der Waals surface area (Å²) >= 11 is 0. The number of nitrogens with zero attached hydrogens (tertiary/aromatic N) is 5. The van der Waals surface area contributed by atoms with Crippen LogP contribution in [0, 0.1) is 15.9 Å². The number of aromatic nitrogens is 2. The van der Waals surface area contributed by atoms with Gasteiger partial charge in [-0.3, -0.25) is 24.5 Å². The van der Waals surface area contributed by atoms with Gasteiger partial charge in [0.05, 0.1) is 17.3 Å². The van der Waals surface area contributed by atoms with E-state index in [0.717, 1.165) is 0 Å². The predicted octanol–water partition coefficient (Wildman–Crippen LogP) is 1.91. The molecule has 1 saturated heterocycles. The van der Waals surface area contributed by atoms with Crippen LogP contribution in [0.15, 0.2) is 30.6 Å². The summed E-state index contributed by atoms with van der Waals surface area (Å²) in [7, 11) is 0. The molecule has 0 bridgehead atoms. The lowest BCUT2D eigenvalue weighted by molar-refractivity contribution is -0.385. The minimum absolute atomic E-state index is 0.0359. The topological polar surface area (TPSA) is 84.5 Å². The molecule has 0 saturated carbocycles. The molecule has 2 aromatic rings. The summed E-state index contributed by atoms with van der Waals surface area (Å²) in [4.78, 5) is 25.5. The van der Waals surface area contributed by atoms with Crippen molar-refractivity contribution >= 4 is 17.2 Å². The van der Waals surface area contributed by atoms with Gasteiger partial charge in [0.15, 0.2) is 5.78 Å². The molecule has 1 aliphatic rings. The molecular weight excluding hydrogens is 329 g/mol. The van der Waals surface area contributed by atoms with Gasteiger partial charge in [0.2, 0.25) is 0 Å². The van der Waals surface area contributed by atoms with Gasteiger partial charge < -0.3 is 4.90 Å². The summed E-state index contributed by atoms with van der Waals surface area (Å²) in [6.07, 6.45) is 2.62. The lowest BCUT2D eigenvalue weighted by Crippen LogP contribution is -2.47. The molecule has 132 valence electrons. The average molecular weight is 347 g/mol. The van der Waals surface area contributed by atoms with Gasteiger partial charge in [-0.25, -0.2) is 4.39 Å².